The quantitative estimate of drug-likeness (QED) is 0.604. The lowest BCUT2D eigenvalue weighted by Gasteiger charge is -2.06. The Morgan fingerprint density at radius 1 is 1.05 bits per heavy atom. The van der Waals surface area contributed by atoms with Gasteiger partial charge in [0.05, 0.1) is 5.56 Å². The molecule has 0 heterocycles. The van der Waals surface area contributed by atoms with E-state index in [1.54, 1.807) is 12.1 Å². The van der Waals surface area contributed by atoms with Crippen LogP contribution in [0.2, 0.25) is 0 Å². The Hall–Kier alpha value is -1.39. The van der Waals surface area contributed by atoms with Gasteiger partial charge in [-0.1, -0.05) is 12.1 Å². The van der Waals surface area contributed by atoms with Crippen molar-refractivity contribution in [3.8, 4) is 0 Å². The van der Waals surface area contributed by atoms with E-state index < -0.39 is 11.1 Å². The lowest BCUT2D eigenvalue weighted by Crippen LogP contribution is -1.94. The Morgan fingerprint density at radius 3 is 2.32 bits per heavy atom. The van der Waals surface area contributed by atoms with E-state index in [9.17, 15) is 13.6 Å². The highest BCUT2D eigenvalue weighted by molar-refractivity contribution is 7.98. The van der Waals surface area contributed by atoms with E-state index >= 15 is 0 Å². The normalized spacial score (nSPS) is 10.5. The minimum atomic E-state index is -0.693. The first kappa shape index (κ1) is 14.0. The molecular weight excluding hydrogens is 290 g/mol. The van der Waals surface area contributed by atoms with E-state index in [0.29, 0.717) is 10.6 Å². The average molecular weight is 299 g/mol. The van der Waals surface area contributed by atoms with E-state index in [1.807, 2.05) is 0 Å². The summed E-state index contributed by atoms with van der Waals surface area (Å²) in [5.41, 5.74) is 1.05. The lowest BCUT2D eigenvalue weighted by atomic mass is 10.2. The number of benzene rings is 2. The zero-order valence-corrected chi connectivity index (χ0v) is 11.3. The summed E-state index contributed by atoms with van der Waals surface area (Å²) in [6, 6.07) is 9.96. The van der Waals surface area contributed by atoms with Gasteiger partial charge in [-0.3, -0.25) is 4.79 Å². The molecule has 19 heavy (non-hydrogen) atoms. The lowest BCUT2D eigenvalue weighted by molar-refractivity contribution is 0.107. The molecule has 0 aromatic heterocycles. The highest BCUT2D eigenvalue weighted by Crippen LogP contribution is 2.28. The van der Waals surface area contributed by atoms with Gasteiger partial charge in [-0.2, -0.15) is 0 Å². The van der Waals surface area contributed by atoms with Gasteiger partial charge in [-0.25, -0.2) is 8.78 Å². The Labute approximate surface area is 118 Å². The maximum absolute atomic E-state index is 13.1. The summed E-state index contributed by atoms with van der Waals surface area (Å²) < 4.78 is 25.8. The van der Waals surface area contributed by atoms with Crippen LogP contribution in [0.5, 0.6) is 0 Å². The molecule has 2 aromatic carbocycles. The van der Waals surface area contributed by atoms with E-state index in [-0.39, 0.29) is 11.4 Å². The molecule has 0 amide bonds. The second-order valence-electron chi connectivity index (χ2n) is 3.83. The average Bonchev–Trinajstić information content (AvgIpc) is 2.39. The van der Waals surface area contributed by atoms with Gasteiger partial charge in [0.1, 0.15) is 11.6 Å². The molecule has 0 atom stereocenters. The molecule has 0 radical (unpaired) electrons. The van der Waals surface area contributed by atoms with Crippen molar-refractivity contribution in [3.63, 3.8) is 0 Å². The van der Waals surface area contributed by atoms with Crippen molar-refractivity contribution >= 4 is 28.6 Å². The molecule has 2 aromatic rings. The fourth-order valence-corrected chi connectivity index (χ4v) is 2.72. The van der Waals surface area contributed by atoms with Crippen LogP contribution in [0.1, 0.15) is 15.9 Å². The van der Waals surface area contributed by atoms with Gasteiger partial charge < -0.3 is 0 Å². The number of carbonyl (C=O) groups is 1. The zero-order valence-electron chi connectivity index (χ0n) is 9.70. The van der Waals surface area contributed by atoms with Crippen molar-refractivity contribution in [2.24, 2.45) is 0 Å². The number of rotatable bonds is 4. The zero-order chi connectivity index (χ0) is 13.8. The van der Waals surface area contributed by atoms with Gasteiger partial charge >= 0.3 is 0 Å². The van der Waals surface area contributed by atoms with Gasteiger partial charge in [0, 0.05) is 10.6 Å². The summed E-state index contributed by atoms with van der Waals surface area (Å²) in [4.78, 5) is 11.8. The molecule has 5 heteroatoms. The molecular formula is C14H9ClF2OS. The smallest absolute Gasteiger partial charge is 0.253 e. The number of thioether (sulfide) groups is 1. The summed E-state index contributed by atoms with van der Waals surface area (Å²) in [7, 11) is 0. The maximum Gasteiger partial charge on any atom is 0.253 e. The van der Waals surface area contributed by atoms with Gasteiger partial charge in [0.2, 0.25) is 0 Å². The molecule has 98 valence electrons. The van der Waals surface area contributed by atoms with E-state index in [2.05, 4.69) is 0 Å². The molecule has 0 aliphatic rings. The standard InChI is InChI=1S/C14H9ClF2OS/c15-14(18)12-7-11(17)5-6-13(12)19-8-9-1-3-10(16)4-2-9/h1-7H,8H2. The molecule has 1 nitrogen and oxygen atoms in total. The van der Waals surface area contributed by atoms with Gasteiger partial charge in [0.25, 0.3) is 5.24 Å². The molecule has 0 saturated heterocycles. The Bertz CT molecular complexity index is 599. The first-order chi connectivity index (χ1) is 9.06. The third kappa shape index (κ3) is 3.78. The van der Waals surface area contributed by atoms with Crippen LogP contribution in [0.3, 0.4) is 0 Å². The fourth-order valence-electron chi connectivity index (χ4n) is 1.52. The second kappa shape index (κ2) is 6.17. The summed E-state index contributed by atoms with van der Waals surface area (Å²) in [5, 5.41) is -0.693. The second-order valence-corrected chi connectivity index (χ2v) is 5.19. The first-order valence-electron chi connectivity index (χ1n) is 5.43. The van der Waals surface area contributed by atoms with Crippen molar-refractivity contribution in [2.75, 3.05) is 0 Å². The van der Waals surface area contributed by atoms with Crippen LogP contribution < -0.4 is 0 Å². The van der Waals surface area contributed by atoms with Crippen LogP contribution in [0.15, 0.2) is 47.4 Å². The molecule has 0 unspecified atom stereocenters. The van der Waals surface area contributed by atoms with E-state index in [1.165, 1.54) is 36.0 Å². The fraction of sp³-hybridized carbons (Fsp3) is 0.0714. The topological polar surface area (TPSA) is 17.1 Å². The molecule has 0 saturated carbocycles. The minimum Gasteiger partial charge on any atom is -0.276 e. The highest BCUT2D eigenvalue weighted by Gasteiger charge is 2.11. The summed E-state index contributed by atoms with van der Waals surface area (Å²) in [6.07, 6.45) is 0. The molecule has 0 aliphatic carbocycles. The van der Waals surface area contributed by atoms with Crippen LogP contribution in [-0.2, 0) is 5.75 Å². The number of halogens is 3. The van der Waals surface area contributed by atoms with E-state index in [4.69, 9.17) is 11.6 Å². The van der Waals surface area contributed by atoms with Gasteiger partial charge in [-0.05, 0) is 47.5 Å². The summed E-state index contributed by atoms with van der Waals surface area (Å²) in [6.45, 7) is 0. The molecule has 0 bridgehead atoms. The van der Waals surface area contributed by atoms with Crippen molar-refractivity contribution in [1.82, 2.24) is 0 Å². The van der Waals surface area contributed by atoms with Crippen LogP contribution >= 0.6 is 23.4 Å². The number of carbonyl (C=O) groups excluding carboxylic acids is 1. The molecule has 0 spiro atoms. The highest BCUT2D eigenvalue weighted by atomic mass is 35.5. The Kier molecular flexibility index (Phi) is 4.56. The third-order valence-electron chi connectivity index (χ3n) is 2.46. The molecule has 0 aliphatic heterocycles. The summed E-state index contributed by atoms with van der Waals surface area (Å²) >= 11 is 6.76. The Morgan fingerprint density at radius 2 is 1.68 bits per heavy atom. The van der Waals surface area contributed by atoms with Crippen LogP contribution in [0, 0.1) is 11.6 Å². The van der Waals surface area contributed by atoms with Crippen LogP contribution in [0.25, 0.3) is 0 Å². The Balaban J connectivity index is 2.15. The predicted molar refractivity (Wildman–Crippen MR) is 72.5 cm³/mol. The molecule has 0 fully saturated rings. The number of hydrogen-bond donors (Lipinski definition) is 0. The molecule has 2 rings (SSSR count). The van der Waals surface area contributed by atoms with Crippen molar-refractivity contribution in [3.05, 3.63) is 65.2 Å². The largest absolute Gasteiger partial charge is 0.276 e. The van der Waals surface area contributed by atoms with Crippen molar-refractivity contribution in [2.45, 2.75) is 10.6 Å². The monoisotopic (exact) mass is 298 g/mol. The van der Waals surface area contributed by atoms with Crippen molar-refractivity contribution < 1.29 is 13.6 Å². The minimum absolute atomic E-state index is 0.147. The van der Waals surface area contributed by atoms with E-state index in [0.717, 1.165) is 11.6 Å². The maximum atomic E-state index is 13.1. The van der Waals surface area contributed by atoms with Crippen molar-refractivity contribution in [1.29, 1.82) is 0 Å². The summed E-state index contributed by atoms with van der Waals surface area (Å²) in [5.74, 6) is -0.259. The predicted octanol–water partition coefficient (Wildman–Crippen LogP) is 4.64. The number of hydrogen-bond acceptors (Lipinski definition) is 2. The third-order valence-corrected chi connectivity index (χ3v) is 3.81. The van der Waals surface area contributed by atoms with Crippen LogP contribution in [0.4, 0.5) is 8.78 Å². The molecule has 0 N–H and O–H groups in total. The van der Waals surface area contributed by atoms with Gasteiger partial charge in [0.15, 0.2) is 0 Å². The SMILES string of the molecule is O=C(Cl)c1cc(F)ccc1SCc1ccc(F)cc1. The van der Waals surface area contributed by atoms with Crippen LogP contribution in [-0.4, -0.2) is 5.24 Å². The van der Waals surface area contributed by atoms with Gasteiger partial charge in [-0.15, -0.1) is 11.8 Å². The first-order valence-corrected chi connectivity index (χ1v) is 6.79.